The molecule has 0 atom stereocenters. The van der Waals surface area contributed by atoms with E-state index in [9.17, 15) is 22.8 Å². The first-order valence-corrected chi connectivity index (χ1v) is 9.88. The third kappa shape index (κ3) is 4.58. The number of nitrogens with zero attached hydrogens (tertiary/aromatic N) is 2. The molecule has 1 spiro atoms. The highest BCUT2D eigenvalue weighted by atomic mass is 19.4. The normalized spacial score (nSPS) is 19.2. The molecule has 1 fully saturated rings. The first-order chi connectivity index (χ1) is 14.2. The number of carbonyl (C=O) groups excluding carboxylic acids is 2. The van der Waals surface area contributed by atoms with Crippen LogP contribution in [0.1, 0.15) is 32.3 Å². The average molecular weight is 426 g/mol. The van der Waals surface area contributed by atoms with E-state index in [0.29, 0.717) is 24.0 Å². The predicted octanol–water partition coefficient (Wildman–Crippen LogP) is 2.36. The molecule has 3 rings (SSSR count). The van der Waals surface area contributed by atoms with Gasteiger partial charge in [0.2, 0.25) is 0 Å². The van der Waals surface area contributed by atoms with E-state index in [0.717, 1.165) is 38.0 Å². The molecular formula is C20H25F3N4O3. The smallest absolute Gasteiger partial charge is 0.416 e. The van der Waals surface area contributed by atoms with Crippen LogP contribution >= 0.6 is 0 Å². The van der Waals surface area contributed by atoms with Crippen molar-refractivity contribution in [1.82, 2.24) is 15.2 Å². The van der Waals surface area contributed by atoms with Crippen LogP contribution in [0, 0.1) is 0 Å². The summed E-state index contributed by atoms with van der Waals surface area (Å²) in [5.41, 5.74) is -1.02. The Hall–Kier alpha value is -2.62. The van der Waals surface area contributed by atoms with Gasteiger partial charge in [0.1, 0.15) is 11.4 Å². The number of carbonyl (C=O) groups is 2. The summed E-state index contributed by atoms with van der Waals surface area (Å²) in [6.07, 6.45) is -2.27. The molecule has 1 saturated heterocycles. The zero-order valence-electron chi connectivity index (χ0n) is 16.9. The first kappa shape index (κ1) is 22.1. The van der Waals surface area contributed by atoms with Crippen LogP contribution < -0.4 is 10.6 Å². The average Bonchev–Trinajstić information content (AvgIpc) is 2.95. The lowest BCUT2D eigenvalue weighted by atomic mass is 9.82. The van der Waals surface area contributed by atoms with Gasteiger partial charge >= 0.3 is 12.1 Å². The van der Waals surface area contributed by atoms with Crippen LogP contribution in [0.2, 0.25) is 0 Å². The number of alkyl halides is 3. The number of pyridine rings is 1. The molecule has 0 aromatic carbocycles. The van der Waals surface area contributed by atoms with E-state index in [1.807, 2.05) is 0 Å². The number of anilines is 1. The minimum absolute atomic E-state index is 0.0669. The lowest BCUT2D eigenvalue weighted by Gasteiger charge is -2.39. The van der Waals surface area contributed by atoms with Crippen LogP contribution in [0.5, 0.6) is 0 Å². The molecule has 2 aliphatic rings. The molecule has 30 heavy (non-hydrogen) atoms. The van der Waals surface area contributed by atoms with E-state index in [1.165, 1.54) is 0 Å². The van der Waals surface area contributed by atoms with Crippen LogP contribution in [-0.2, 0) is 20.5 Å². The molecule has 0 radical (unpaired) electrons. The Labute approximate surface area is 172 Å². The minimum Gasteiger partial charge on any atom is -0.450 e. The Kier molecular flexibility index (Phi) is 6.35. The molecule has 0 bridgehead atoms. The number of aromatic nitrogens is 1. The lowest BCUT2D eigenvalue weighted by Crippen LogP contribution is -2.49. The van der Waals surface area contributed by atoms with Gasteiger partial charge in [0.05, 0.1) is 11.1 Å². The van der Waals surface area contributed by atoms with Crippen molar-refractivity contribution in [2.45, 2.75) is 38.5 Å². The second-order valence-corrected chi connectivity index (χ2v) is 7.43. The zero-order chi connectivity index (χ0) is 21.9. The third-order valence-electron chi connectivity index (χ3n) is 5.57. The quantitative estimate of drug-likeness (QED) is 0.537. The topological polar surface area (TPSA) is 83.6 Å². The van der Waals surface area contributed by atoms with Crippen molar-refractivity contribution >= 4 is 17.7 Å². The molecule has 0 aliphatic carbocycles. The lowest BCUT2D eigenvalue weighted by molar-refractivity contribution is -0.150. The Morgan fingerprint density at radius 3 is 2.63 bits per heavy atom. The van der Waals surface area contributed by atoms with Crippen molar-refractivity contribution in [3.05, 3.63) is 35.0 Å². The van der Waals surface area contributed by atoms with E-state index in [1.54, 1.807) is 6.92 Å². The predicted molar refractivity (Wildman–Crippen MR) is 104 cm³/mol. The van der Waals surface area contributed by atoms with Crippen LogP contribution in [0.25, 0.3) is 0 Å². The number of halogens is 3. The summed E-state index contributed by atoms with van der Waals surface area (Å²) in [7, 11) is 0. The van der Waals surface area contributed by atoms with E-state index < -0.39 is 23.3 Å². The van der Waals surface area contributed by atoms with Crippen LogP contribution in [-0.4, -0.2) is 60.1 Å². The summed E-state index contributed by atoms with van der Waals surface area (Å²) in [6.45, 7) is 6.33. The van der Waals surface area contributed by atoms with Gasteiger partial charge in [-0.15, -0.1) is 0 Å². The van der Waals surface area contributed by atoms with Crippen molar-refractivity contribution in [3.63, 3.8) is 0 Å². The number of likely N-dealkylation sites (tertiary alicyclic amines) is 1. The van der Waals surface area contributed by atoms with Crippen molar-refractivity contribution in [3.8, 4) is 0 Å². The summed E-state index contributed by atoms with van der Waals surface area (Å²) >= 11 is 0. The zero-order valence-corrected chi connectivity index (χ0v) is 16.9. The van der Waals surface area contributed by atoms with E-state index in [4.69, 9.17) is 4.74 Å². The number of rotatable bonds is 6. The highest BCUT2D eigenvalue weighted by Gasteiger charge is 2.50. The van der Waals surface area contributed by atoms with Crippen molar-refractivity contribution < 1.29 is 27.5 Å². The molecule has 0 unspecified atom stereocenters. The van der Waals surface area contributed by atoms with E-state index in [2.05, 4.69) is 27.4 Å². The summed E-state index contributed by atoms with van der Waals surface area (Å²) < 4.78 is 43.9. The standard InChI is InChI=1S/C20H25F3N4O3/c1-3-27-10-5-19(6-11-27)16(13(2)18(29)30-19)17(28)26-9-8-25-15-12-14(4-7-24-15)20(21,22)23/h4,7,12H,3,5-6,8-11H2,1-2H3,(H,24,25)(H,26,28). The number of ether oxygens (including phenoxy) is 1. The van der Waals surface area contributed by atoms with Gasteiger partial charge in [0.15, 0.2) is 0 Å². The summed E-state index contributed by atoms with van der Waals surface area (Å²) in [6, 6.07) is 1.80. The van der Waals surface area contributed by atoms with E-state index in [-0.39, 0.29) is 24.8 Å². The maximum atomic E-state index is 12.8. The molecular weight excluding hydrogens is 401 g/mol. The van der Waals surface area contributed by atoms with E-state index >= 15 is 0 Å². The Balaban J connectivity index is 1.58. The largest absolute Gasteiger partial charge is 0.450 e. The summed E-state index contributed by atoms with van der Waals surface area (Å²) in [5, 5.41) is 5.49. The highest BCUT2D eigenvalue weighted by Crippen LogP contribution is 2.41. The molecule has 7 nitrogen and oxygen atoms in total. The Morgan fingerprint density at radius 1 is 1.30 bits per heavy atom. The van der Waals surface area contributed by atoms with Gasteiger partial charge in [-0.05, 0) is 25.6 Å². The fraction of sp³-hybridized carbons (Fsp3) is 0.550. The molecule has 2 N–H and O–H groups in total. The maximum Gasteiger partial charge on any atom is 0.416 e. The number of piperidine rings is 1. The molecule has 2 aliphatic heterocycles. The Bertz CT molecular complexity index is 846. The number of hydrogen-bond acceptors (Lipinski definition) is 6. The molecule has 164 valence electrons. The molecule has 1 aromatic heterocycles. The van der Waals surface area contributed by atoms with Gasteiger partial charge in [0, 0.05) is 50.8 Å². The first-order valence-electron chi connectivity index (χ1n) is 9.88. The Morgan fingerprint density at radius 2 is 2.00 bits per heavy atom. The number of hydrogen-bond donors (Lipinski definition) is 2. The van der Waals surface area contributed by atoms with Crippen molar-refractivity contribution in [2.75, 3.05) is 38.0 Å². The number of nitrogens with one attached hydrogen (secondary N) is 2. The number of amides is 1. The highest BCUT2D eigenvalue weighted by molar-refractivity contribution is 6.07. The molecule has 10 heteroatoms. The monoisotopic (exact) mass is 426 g/mol. The third-order valence-corrected chi connectivity index (χ3v) is 5.57. The summed E-state index contributed by atoms with van der Waals surface area (Å²) in [4.78, 5) is 31.1. The van der Waals surface area contributed by atoms with Gasteiger partial charge in [-0.1, -0.05) is 6.92 Å². The molecule has 1 aromatic rings. The number of esters is 1. The molecule has 1 amide bonds. The maximum absolute atomic E-state index is 12.8. The second kappa shape index (κ2) is 8.63. The SMILES string of the molecule is CCN1CCC2(CC1)OC(=O)C(C)=C2C(=O)NCCNc1cc(C(F)(F)F)ccn1. The fourth-order valence-corrected chi connectivity index (χ4v) is 3.87. The fourth-order valence-electron chi connectivity index (χ4n) is 3.87. The van der Waals surface area contributed by atoms with Gasteiger partial charge < -0.3 is 20.3 Å². The summed E-state index contributed by atoms with van der Waals surface area (Å²) in [5.74, 6) is -0.796. The van der Waals surface area contributed by atoms with Crippen LogP contribution in [0.4, 0.5) is 19.0 Å². The van der Waals surface area contributed by atoms with Gasteiger partial charge in [-0.25, -0.2) is 9.78 Å². The van der Waals surface area contributed by atoms with Crippen LogP contribution in [0.3, 0.4) is 0 Å². The van der Waals surface area contributed by atoms with Gasteiger partial charge in [0.25, 0.3) is 5.91 Å². The molecule has 3 heterocycles. The second-order valence-electron chi connectivity index (χ2n) is 7.43. The van der Waals surface area contributed by atoms with Crippen LogP contribution in [0.15, 0.2) is 29.5 Å². The van der Waals surface area contributed by atoms with Crippen molar-refractivity contribution in [1.29, 1.82) is 0 Å². The van der Waals surface area contributed by atoms with Crippen molar-refractivity contribution in [2.24, 2.45) is 0 Å². The minimum atomic E-state index is -4.45. The van der Waals surface area contributed by atoms with Gasteiger partial charge in [-0.2, -0.15) is 13.2 Å². The molecule has 0 saturated carbocycles. The van der Waals surface area contributed by atoms with Gasteiger partial charge in [-0.3, -0.25) is 4.79 Å².